The molecule has 0 bridgehead atoms. The highest BCUT2D eigenvalue weighted by Crippen LogP contribution is 2.29. The molecule has 2 unspecified atom stereocenters. The lowest BCUT2D eigenvalue weighted by Crippen LogP contribution is -2.30. The number of hydrogen-bond acceptors (Lipinski definition) is 2. The van der Waals surface area contributed by atoms with Crippen molar-refractivity contribution in [1.82, 2.24) is 0 Å². The van der Waals surface area contributed by atoms with Crippen LogP contribution >= 0.6 is 0 Å². The SMILES string of the molecule is CC1CCCCC1C(=O)CN. The number of carbonyl (C=O) groups is 1. The second-order valence-corrected chi connectivity index (χ2v) is 3.54. The van der Waals surface area contributed by atoms with Crippen molar-refractivity contribution in [2.45, 2.75) is 32.6 Å². The molecule has 11 heavy (non-hydrogen) atoms. The van der Waals surface area contributed by atoms with Crippen LogP contribution in [0.4, 0.5) is 0 Å². The fourth-order valence-corrected chi connectivity index (χ4v) is 1.95. The van der Waals surface area contributed by atoms with Crippen LogP contribution in [0.3, 0.4) is 0 Å². The van der Waals surface area contributed by atoms with Gasteiger partial charge >= 0.3 is 0 Å². The summed E-state index contributed by atoms with van der Waals surface area (Å²) in [5.74, 6) is 1.10. The molecule has 1 saturated carbocycles. The molecular formula is C9H17NO. The second kappa shape index (κ2) is 3.86. The van der Waals surface area contributed by atoms with Crippen LogP contribution in [0, 0.1) is 11.8 Å². The van der Waals surface area contributed by atoms with Crippen LogP contribution in [0.15, 0.2) is 0 Å². The van der Waals surface area contributed by atoms with E-state index in [0.717, 1.165) is 6.42 Å². The highest BCUT2D eigenvalue weighted by molar-refractivity contribution is 5.83. The first-order chi connectivity index (χ1) is 5.25. The van der Waals surface area contributed by atoms with E-state index in [1.54, 1.807) is 0 Å². The van der Waals surface area contributed by atoms with E-state index in [0.29, 0.717) is 5.92 Å². The Balaban J connectivity index is 2.47. The third-order valence-electron chi connectivity index (χ3n) is 2.73. The van der Waals surface area contributed by atoms with Crippen LogP contribution in [0.5, 0.6) is 0 Å². The molecule has 2 nitrogen and oxygen atoms in total. The van der Waals surface area contributed by atoms with Crippen molar-refractivity contribution >= 4 is 5.78 Å². The summed E-state index contributed by atoms with van der Waals surface area (Å²) in [5, 5.41) is 0. The number of nitrogens with two attached hydrogens (primary N) is 1. The zero-order valence-electron chi connectivity index (χ0n) is 7.18. The fraction of sp³-hybridized carbons (Fsp3) is 0.889. The molecule has 2 heteroatoms. The molecule has 0 spiro atoms. The average molecular weight is 155 g/mol. The Morgan fingerprint density at radius 2 is 2.09 bits per heavy atom. The summed E-state index contributed by atoms with van der Waals surface area (Å²) in [7, 11) is 0. The van der Waals surface area contributed by atoms with E-state index in [1.807, 2.05) is 0 Å². The first-order valence-electron chi connectivity index (χ1n) is 4.48. The Morgan fingerprint density at radius 1 is 1.45 bits per heavy atom. The van der Waals surface area contributed by atoms with E-state index in [-0.39, 0.29) is 18.2 Å². The van der Waals surface area contributed by atoms with E-state index < -0.39 is 0 Å². The van der Waals surface area contributed by atoms with Crippen molar-refractivity contribution in [3.05, 3.63) is 0 Å². The maximum absolute atomic E-state index is 11.3. The normalized spacial score (nSPS) is 31.8. The van der Waals surface area contributed by atoms with Gasteiger partial charge in [-0.2, -0.15) is 0 Å². The zero-order valence-corrected chi connectivity index (χ0v) is 7.18. The number of carbonyl (C=O) groups excluding carboxylic acids is 1. The fourth-order valence-electron chi connectivity index (χ4n) is 1.95. The molecule has 2 atom stereocenters. The van der Waals surface area contributed by atoms with Gasteiger partial charge in [-0.3, -0.25) is 4.79 Å². The molecule has 1 rings (SSSR count). The number of ketones is 1. The Kier molecular flexibility index (Phi) is 3.06. The molecule has 0 aliphatic heterocycles. The third kappa shape index (κ3) is 2.03. The van der Waals surface area contributed by atoms with Gasteiger partial charge in [0.2, 0.25) is 0 Å². The van der Waals surface area contributed by atoms with Crippen molar-refractivity contribution in [2.75, 3.05) is 6.54 Å². The monoisotopic (exact) mass is 155 g/mol. The largest absolute Gasteiger partial charge is 0.324 e. The molecule has 1 aliphatic carbocycles. The van der Waals surface area contributed by atoms with Gasteiger partial charge in [-0.05, 0) is 12.3 Å². The second-order valence-electron chi connectivity index (χ2n) is 3.54. The van der Waals surface area contributed by atoms with Gasteiger partial charge < -0.3 is 5.73 Å². The standard InChI is InChI=1S/C9H17NO/c1-7-4-2-3-5-8(7)9(11)6-10/h7-8H,2-6,10H2,1H3. The summed E-state index contributed by atoms with van der Waals surface area (Å²) in [6, 6.07) is 0. The van der Waals surface area contributed by atoms with Gasteiger partial charge in [0.25, 0.3) is 0 Å². The van der Waals surface area contributed by atoms with Crippen LogP contribution in [-0.2, 0) is 4.79 Å². The quantitative estimate of drug-likeness (QED) is 0.654. The van der Waals surface area contributed by atoms with Crippen LogP contribution in [0.2, 0.25) is 0 Å². The summed E-state index contributed by atoms with van der Waals surface area (Å²) in [6.45, 7) is 2.40. The molecule has 1 fully saturated rings. The first kappa shape index (κ1) is 8.72. The van der Waals surface area contributed by atoms with E-state index in [2.05, 4.69) is 6.92 Å². The molecule has 0 heterocycles. The Morgan fingerprint density at radius 3 is 2.64 bits per heavy atom. The average Bonchev–Trinajstić information content (AvgIpc) is 2.04. The van der Waals surface area contributed by atoms with Crippen molar-refractivity contribution in [3.8, 4) is 0 Å². The van der Waals surface area contributed by atoms with E-state index in [1.165, 1.54) is 19.3 Å². The predicted octanol–water partition coefficient (Wildman–Crippen LogP) is 1.34. The lowest BCUT2D eigenvalue weighted by Gasteiger charge is -2.26. The van der Waals surface area contributed by atoms with E-state index in [9.17, 15) is 4.79 Å². The lowest BCUT2D eigenvalue weighted by molar-refractivity contribution is -0.123. The molecule has 0 aromatic heterocycles. The van der Waals surface area contributed by atoms with Crippen LogP contribution in [0.25, 0.3) is 0 Å². The van der Waals surface area contributed by atoms with Crippen molar-refractivity contribution in [2.24, 2.45) is 17.6 Å². The number of Topliss-reactive ketones (excluding diaryl/α,β-unsaturated/α-hetero) is 1. The van der Waals surface area contributed by atoms with Gasteiger partial charge in [-0.1, -0.05) is 26.2 Å². The van der Waals surface area contributed by atoms with Crippen molar-refractivity contribution in [1.29, 1.82) is 0 Å². The minimum atomic E-state index is 0.231. The summed E-state index contributed by atoms with van der Waals surface area (Å²) in [6.07, 6.45) is 4.77. The van der Waals surface area contributed by atoms with Crippen molar-refractivity contribution < 1.29 is 4.79 Å². The molecule has 0 saturated heterocycles. The zero-order chi connectivity index (χ0) is 8.27. The van der Waals surface area contributed by atoms with E-state index in [4.69, 9.17) is 5.73 Å². The number of hydrogen-bond donors (Lipinski definition) is 1. The van der Waals surface area contributed by atoms with Crippen LogP contribution in [-0.4, -0.2) is 12.3 Å². The minimum Gasteiger partial charge on any atom is -0.324 e. The van der Waals surface area contributed by atoms with Gasteiger partial charge in [0, 0.05) is 5.92 Å². The predicted molar refractivity (Wildman–Crippen MR) is 45.2 cm³/mol. The Bertz CT molecular complexity index is 144. The lowest BCUT2D eigenvalue weighted by atomic mass is 9.78. The van der Waals surface area contributed by atoms with Gasteiger partial charge in [0.05, 0.1) is 6.54 Å². The summed E-state index contributed by atoms with van der Waals surface area (Å²) in [4.78, 5) is 11.3. The molecule has 0 aromatic carbocycles. The molecule has 2 N–H and O–H groups in total. The summed E-state index contributed by atoms with van der Waals surface area (Å²) >= 11 is 0. The van der Waals surface area contributed by atoms with Gasteiger partial charge in [0.1, 0.15) is 5.78 Å². The Labute approximate surface area is 68.2 Å². The molecule has 64 valence electrons. The first-order valence-corrected chi connectivity index (χ1v) is 4.48. The highest BCUT2D eigenvalue weighted by Gasteiger charge is 2.26. The maximum Gasteiger partial charge on any atom is 0.149 e. The van der Waals surface area contributed by atoms with Crippen LogP contribution < -0.4 is 5.73 Å². The smallest absolute Gasteiger partial charge is 0.149 e. The highest BCUT2D eigenvalue weighted by atomic mass is 16.1. The molecule has 1 aliphatic rings. The van der Waals surface area contributed by atoms with Crippen molar-refractivity contribution in [3.63, 3.8) is 0 Å². The summed E-state index contributed by atoms with van der Waals surface area (Å²) in [5.41, 5.74) is 5.32. The third-order valence-corrected chi connectivity index (χ3v) is 2.73. The van der Waals surface area contributed by atoms with Gasteiger partial charge in [-0.25, -0.2) is 0 Å². The van der Waals surface area contributed by atoms with Crippen LogP contribution in [0.1, 0.15) is 32.6 Å². The topological polar surface area (TPSA) is 43.1 Å². The molecular weight excluding hydrogens is 138 g/mol. The number of rotatable bonds is 2. The molecule has 0 radical (unpaired) electrons. The maximum atomic E-state index is 11.3. The Hall–Kier alpha value is -0.370. The minimum absolute atomic E-state index is 0.231. The van der Waals surface area contributed by atoms with E-state index >= 15 is 0 Å². The molecule has 0 aromatic rings. The van der Waals surface area contributed by atoms with Gasteiger partial charge in [-0.15, -0.1) is 0 Å². The summed E-state index contributed by atoms with van der Waals surface area (Å²) < 4.78 is 0. The van der Waals surface area contributed by atoms with Gasteiger partial charge in [0.15, 0.2) is 0 Å². The molecule has 0 amide bonds.